The Morgan fingerprint density at radius 3 is 0.724 bits per heavy atom. The lowest BCUT2D eigenvalue weighted by molar-refractivity contribution is -0.322. The van der Waals surface area contributed by atoms with Crippen LogP contribution in [0, 0.1) is 22.3 Å². The van der Waals surface area contributed by atoms with E-state index in [1.807, 2.05) is 0 Å². The van der Waals surface area contributed by atoms with Crippen LogP contribution < -0.4 is 15.3 Å². The first-order chi connectivity index (χ1) is 11.4. The third kappa shape index (κ3) is 174. The van der Waals surface area contributed by atoms with Gasteiger partial charge in [-0.25, -0.2) is 0 Å². The number of hydrogen-bond acceptors (Lipinski definition) is 11. The Morgan fingerprint density at radius 2 is 0.724 bits per heavy atom. The molecule has 0 aliphatic heterocycles. The highest BCUT2D eigenvalue weighted by Crippen LogP contribution is 1.74. The third-order valence-electron chi connectivity index (χ3n) is 0.887. The quantitative estimate of drug-likeness (QED) is 0.196. The molecule has 0 radical (unpaired) electrons. The molecule has 0 atom stereocenters. The molecule has 0 fully saturated rings. The molecule has 0 aromatic heterocycles. The lowest BCUT2D eigenvalue weighted by Gasteiger charge is -1.99. The summed E-state index contributed by atoms with van der Waals surface area (Å²) in [6.07, 6.45) is -2.75. The fraction of sp³-hybridized carbons (Fsp3) is 0.400. The molecule has 0 saturated heterocycles. The molecule has 0 amide bonds. The van der Waals surface area contributed by atoms with Crippen molar-refractivity contribution >= 4 is 35.8 Å². The maximum absolute atomic E-state index is 9.43. The zero-order chi connectivity index (χ0) is 21.6. The first-order valence-corrected chi connectivity index (χ1v) is 5.52. The van der Waals surface area contributed by atoms with Gasteiger partial charge < -0.3 is 55.2 Å². The second-order valence-corrected chi connectivity index (χ2v) is 2.83. The molecule has 14 heteroatoms. The summed E-state index contributed by atoms with van der Waals surface area (Å²) >= 11 is 0. The van der Waals surface area contributed by atoms with Gasteiger partial charge in [0.25, 0.3) is 0 Å². The molecule has 0 heterocycles. The Hall–Kier alpha value is -3.65. The van der Waals surface area contributed by atoms with Crippen LogP contribution in [0.2, 0.25) is 0 Å². The minimum atomic E-state index is -1.63. The van der Waals surface area contributed by atoms with E-state index in [1.54, 1.807) is 0 Å². The summed E-state index contributed by atoms with van der Waals surface area (Å²) in [5.74, 6) is -8.81. The summed E-state index contributed by atoms with van der Waals surface area (Å²) in [6.45, 7) is 0. The highest BCUT2D eigenvalue weighted by Gasteiger charge is 2.01. The Bertz CT molecular complexity index is 330. The molecule has 174 valence electrons. The average Bonchev–Trinajstić information content (AvgIpc) is 2.39. The summed E-state index contributed by atoms with van der Waals surface area (Å²) in [7, 11) is 2.00. The standard InChI is InChI=1S/3C3H4O4.2CH4O.CH4.3CH3/c3*4-2(5)1-3(6)7;2*1-2;;;;/h3*1H2,(H,4,5)(H,6,7);2*2H,1H3;1H4;3*1H3/q;;;;;;3*+1/p-1. The highest BCUT2D eigenvalue weighted by atomic mass is 16.4. The predicted molar refractivity (Wildman–Crippen MR) is 96.3 cm³/mol. The summed E-state index contributed by atoms with van der Waals surface area (Å²) in [4.78, 5) is 56.1. The van der Waals surface area contributed by atoms with Gasteiger partial charge in [-0.05, 0) is 0 Å². The van der Waals surface area contributed by atoms with Crippen molar-refractivity contribution < 1.29 is 72.5 Å². The van der Waals surface area contributed by atoms with Crippen LogP contribution in [0.3, 0.4) is 0 Å². The second kappa shape index (κ2) is 44.1. The topological polar surface area (TPSA) is 273 Å². The van der Waals surface area contributed by atoms with E-state index in [4.69, 9.17) is 25.5 Å². The van der Waals surface area contributed by atoms with E-state index in [-0.39, 0.29) is 32.6 Å². The minimum Gasteiger partial charge on any atom is -0.550 e. The van der Waals surface area contributed by atoms with Gasteiger partial charge in [-0.2, -0.15) is 0 Å². The monoisotopic (exact) mass is 436 g/mol. The number of carbonyl (C=O) groups is 6. The third-order valence-corrected chi connectivity index (χ3v) is 0.887. The smallest absolute Gasteiger partial charge is 0.550 e. The maximum atomic E-state index is 9.43. The molecule has 0 saturated carbocycles. The van der Waals surface area contributed by atoms with Gasteiger partial charge in [0.1, 0.15) is 6.42 Å². The van der Waals surface area contributed by atoms with E-state index >= 15 is 0 Å². The van der Waals surface area contributed by atoms with Crippen molar-refractivity contribution in [3.05, 3.63) is 22.3 Å². The average molecular weight is 436 g/mol. The zero-order valence-corrected chi connectivity index (χ0v) is 16.0. The molecule has 0 rings (SSSR count). The Labute approximate surface area is 172 Å². The van der Waals surface area contributed by atoms with E-state index in [0.717, 1.165) is 14.2 Å². The maximum Gasteiger partial charge on any atom is 1.00 e. The normalized spacial score (nSPS) is 6.21. The van der Waals surface area contributed by atoms with E-state index in [1.165, 1.54) is 0 Å². The molecule has 0 unspecified atom stereocenters. The molecular weight excluding hydrogens is 404 g/mol. The molecular formula is C15H32O14+2. The lowest BCUT2D eigenvalue weighted by Crippen LogP contribution is -2.32. The van der Waals surface area contributed by atoms with Crippen LogP contribution in [0.15, 0.2) is 0 Å². The van der Waals surface area contributed by atoms with Crippen LogP contribution in [-0.4, -0.2) is 75.6 Å². The lowest BCUT2D eigenvalue weighted by atomic mass is 10.5. The van der Waals surface area contributed by atoms with E-state index in [9.17, 15) is 44.1 Å². The van der Waals surface area contributed by atoms with Gasteiger partial charge in [-0.3, -0.25) is 14.4 Å². The summed E-state index contributed by atoms with van der Waals surface area (Å²) in [5, 5.41) is 64.9. The fourth-order valence-corrected chi connectivity index (χ4v) is 0.371. The molecule has 0 bridgehead atoms. The number of aliphatic hydroxyl groups excluding tert-OH is 2. The van der Waals surface area contributed by atoms with E-state index in [2.05, 4.69) is 0 Å². The first kappa shape index (κ1) is 56.2. The molecule has 0 aromatic carbocycles. The predicted octanol–water partition coefficient (Wildman–Crippen LogP) is -3.94. The van der Waals surface area contributed by atoms with E-state index < -0.39 is 55.1 Å². The van der Waals surface area contributed by atoms with Gasteiger partial charge in [-0.15, -0.1) is 0 Å². The molecule has 0 aromatic rings. The first-order valence-electron chi connectivity index (χ1n) is 5.52. The van der Waals surface area contributed by atoms with Crippen molar-refractivity contribution in [2.45, 2.75) is 26.7 Å². The van der Waals surface area contributed by atoms with Crippen molar-refractivity contribution in [1.29, 1.82) is 0 Å². The van der Waals surface area contributed by atoms with Gasteiger partial charge in [0.05, 0.1) is 12.4 Å². The summed E-state index contributed by atoms with van der Waals surface area (Å²) < 4.78 is 0. The van der Waals surface area contributed by atoms with Crippen LogP contribution in [0.4, 0.5) is 0 Å². The molecule has 29 heavy (non-hydrogen) atoms. The number of rotatable bonds is 6. The van der Waals surface area contributed by atoms with Gasteiger partial charge in [-0.1, -0.05) is 7.43 Å². The van der Waals surface area contributed by atoms with Crippen molar-refractivity contribution in [1.82, 2.24) is 0 Å². The number of aliphatic carboxylic acids is 6. The van der Waals surface area contributed by atoms with Crippen LogP contribution in [0.1, 0.15) is 29.5 Å². The SMILES string of the molecule is C.CO.CO.O=C(O)CC(=O)O.O=C([O-])CC(=O)O.O=C([O-])CC(=O)[O-].[CH3+].[CH3+].[CH3+].[H+].[H+]. The second-order valence-electron chi connectivity index (χ2n) is 2.83. The molecule has 5 N–H and O–H groups in total. The Kier molecular flexibility index (Phi) is 85.5. The molecule has 0 aliphatic rings. The number of hydrogen-bond donors (Lipinski definition) is 5. The largest absolute Gasteiger partial charge is 1.00 e. The van der Waals surface area contributed by atoms with Gasteiger partial charge in [0, 0.05) is 54.9 Å². The number of carboxylic acids is 6. The van der Waals surface area contributed by atoms with Crippen molar-refractivity contribution in [3.8, 4) is 0 Å². The van der Waals surface area contributed by atoms with Gasteiger partial charge >= 0.3 is 20.8 Å². The number of carboxylic acid groups (broad SMARTS) is 6. The zero-order valence-electron chi connectivity index (χ0n) is 18.0. The molecule has 0 spiro atoms. The summed E-state index contributed by atoms with van der Waals surface area (Å²) in [6, 6.07) is 0. The molecule has 0 aliphatic carbocycles. The van der Waals surface area contributed by atoms with Crippen molar-refractivity contribution in [3.63, 3.8) is 0 Å². The molecule has 14 nitrogen and oxygen atoms in total. The van der Waals surface area contributed by atoms with Crippen LogP contribution in [0.25, 0.3) is 0 Å². The minimum absolute atomic E-state index is 0. The highest BCUT2D eigenvalue weighted by molar-refractivity contribution is 5.89. The fourth-order valence-electron chi connectivity index (χ4n) is 0.371. The summed E-state index contributed by atoms with van der Waals surface area (Å²) in [5.41, 5.74) is 0. The van der Waals surface area contributed by atoms with Gasteiger partial charge in [0.2, 0.25) is 0 Å². The van der Waals surface area contributed by atoms with Gasteiger partial charge in [0.15, 0.2) is 0 Å². The number of aliphatic hydroxyl groups is 2. The van der Waals surface area contributed by atoms with Crippen LogP contribution in [-0.2, 0) is 28.8 Å². The van der Waals surface area contributed by atoms with Crippen molar-refractivity contribution in [2.24, 2.45) is 0 Å². The Morgan fingerprint density at radius 1 is 0.552 bits per heavy atom. The van der Waals surface area contributed by atoms with E-state index in [0.29, 0.717) is 0 Å². The van der Waals surface area contributed by atoms with Crippen molar-refractivity contribution in [2.75, 3.05) is 14.2 Å². The number of carbonyl (C=O) groups excluding carboxylic acids is 3. The van der Waals surface area contributed by atoms with Crippen LogP contribution in [0.5, 0.6) is 0 Å². The van der Waals surface area contributed by atoms with Crippen LogP contribution >= 0.6 is 0 Å². The Balaban J connectivity index is -0.0000000182.